The highest BCUT2D eigenvalue weighted by atomic mass is 16.7. The van der Waals surface area contributed by atoms with Crippen molar-refractivity contribution in [3.05, 3.63) is 18.3 Å². The maximum absolute atomic E-state index is 5.51. The molecule has 24 heavy (non-hydrogen) atoms. The molecule has 2 aliphatic rings. The Morgan fingerprint density at radius 3 is 2.83 bits per heavy atom. The highest BCUT2D eigenvalue weighted by molar-refractivity contribution is 5.79. The van der Waals surface area contributed by atoms with Crippen LogP contribution < -0.4 is 14.2 Å². The Bertz CT molecular complexity index is 925. The van der Waals surface area contributed by atoms with Crippen molar-refractivity contribution in [2.24, 2.45) is 5.92 Å². The van der Waals surface area contributed by atoms with Gasteiger partial charge < -0.3 is 19.2 Å². The molecule has 5 rings (SSSR count). The van der Waals surface area contributed by atoms with E-state index in [4.69, 9.17) is 19.2 Å². The van der Waals surface area contributed by atoms with Crippen LogP contribution in [0.5, 0.6) is 17.2 Å². The second kappa shape index (κ2) is 4.90. The normalized spacial score (nSPS) is 17.4. The van der Waals surface area contributed by atoms with E-state index in [1.807, 2.05) is 23.0 Å². The lowest BCUT2D eigenvalue weighted by molar-refractivity contribution is 0.174. The molecule has 1 aliphatic heterocycles. The molecule has 1 N–H and O–H groups in total. The third kappa shape index (κ3) is 1.97. The summed E-state index contributed by atoms with van der Waals surface area (Å²) >= 11 is 0. The van der Waals surface area contributed by atoms with Gasteiger partial charge in [-0.25, -0.2) is 9.67 Å². The molecule has 3 aromatic rings. The molecule has 1 atom stereocenters. The van der Waals surface area contributed by atoms with Gasteiger partial charge in [-0.05, 0) is 31.7 Å². The van der Waals surface area contributed by atoms with E-state index in [0.717, 1.165) is 22.6 Å². The summed E-state index contributed by atoms with van der Waals surface area (Å²) < 4.78 is 18.4. The smallest absolute Gasteiger partial charge is 0.231 e. The number of rotatable bonds is 4. The molecule has 3 heterocycles. The van der Waals surface area contributed by atoms with Crippen molar-refractivity contribution in [3.8, 4) is 28.6 Å². The lowest BCUT2D eigenvalue weighted by Gasteiger charge is -2.10. The highest BCUT2D eigenvalue weighted by Gasteiger charge is 2.31. The largest absolute Gasteiger partial charge is 0.496 e. The summed E-state index contributed by atoms with van der Waals surface area (Å²) in [7, 11) is 1.64. The SMILES string of the molecule is COc1cc2c(cc1-c1nc3c(cnn3[C@H](C)C3CC3)[nH]1)OCO2. The average molecular weight is 326 g/mol. The molecule has 1 saturated carbocycles. The standard InChI is InChI=1S/C17H18N4O3/c1-9(10-3-4-10)21-17-12(7-18-21)19-16(20-17)11-5-14-15(24-8-23-14)6-13(11)22-2/h5-7,9-10H,3-4,8H2,1-2H3,(H,19,20)/t9-/m1/s1. The van der Waals surface area contributed by atoms with Crippen molar-refractivity contribution in [1.82, 2.24) is 19.7 Å². The summed E-state index contributed by atoms with van der Waals surface area (Å²) in [6, 6.07) is 4.11. The maximum Gasteiger partial charge on any atom is 0.231 e. The first kappa shape index (κ1) is 13.7. The van der Waals surface area contributed by atoms with Crippen molar-refractivity contribution in [2.75, 3.05) is 13.9 Å². The number of nitrogens with one attached hydrogen (secondary N) is 1. The van der Waals surface area contributed by atoms with Crippen LogP contribution in [-0.4, -0.2) is 33.7 Å². The van der Waals surface area contributed by atoms with E-state index in [1.165, 1.54) is 12.8 Å². The molecule has 7 nitrogen and oxygen atoms in total. The Labute approximate surface area is 138 Å². The maximum atomic E-state index is 5.51. The lowest BCUT2D eigenvalue weighted by Crippen LogP contribution is -2.08. The van der Waals surface area contributed by atoms with Crippen molar-refractivity contribution >= 4 is 11.2 Å². The van der Waals surface area contributed by atoms with Gasteiger partial charge in [-0.3, -0.25) is 0 Å². The van der Waals surface area contributed by atoms with Crippen LogP contribution in [0.4, 0.5) is 0 Å². The van der Waals surface area contributed by atoms with Crippen LogP contribution in [0.15, 0.2) is 18.3 Å². The number of hydrogen-bond donors (Lipinski definition) is 1. The molecule has 7 heteroatoms. The zero-order valence-electron chi connectivity index (χ0n) is 13.6. The number of nitrogens with zero attached hydrogens (tertiary/aromatic N) is 3. The van der Waals surface area contributed by atoms with Crippen LogP contribution in [0.3, 0.4) is 0 Å². The number of aromatic amines is 1. The minimum Gasteiger partial charge on any atom is -0.496 e. The van der Waals surface area contributed by atoms with E-state index in [0.29, 0.717) is 29.2 Å². The monoisotopic (exact) mass is 326 g/mol. The molecule has 1 aliphatic carbocycles. The number of methoxy groups -OCH3 is 1. The zero-order chi connectivity index (χ0) is 16.3. The van der Waals surface area contributed by atoms with Crippen molar-refractivity contribution in [2.45, 2.75) is 25.8 Å². The van der Waals surface area contributed by atoms with Gasteiger partial charge in [0.15, 0.2) is 17.1 Å². The Balaban J connectivity index is 1.62. The van der Waals surface area contributed by atoms with Crippen LogP contribution in [0.1, 0.15) is 25.8 Å². The molecule has 0 saturated heterocycles. The predicted octanol–water partition coefficient (Wildman–Crippen LogP) is 3.13. The zero-order valence-corrected chi connectivity index (χ0v) is 13.6. The lowest BCUT2D eigenvalue weighted by atomic mass is 10.1. The van der Waals surface area contributed by atoms with Crippen LogP contribution in [0.2, 0.25) is 0 Å². The first-order chi connectivity index (χ1) is 11.7. The third-order valence-corrected chi connectivity index (χ3v) is 4.88. The molecule has 0 bridgehead atoms. The number of imidazole rings is 1. The minimum absolute atomic E-state index is 0.232. The first-order valence-corrected chi connectivity index (χ1v) is 8.16. The minimum atomic E-state index is 0.232. The molecule has 2 aromatic heterocycles. The van der Waals surface area contributed by atoms with E-state index in [9.17, 15) is 0 Å². The molecule has 0 radical (unpaired) electrons. The summed E-state index contributed by atoms with van der Waals surface area (Å²) in [5, 5.41) is 4.50. The Morgan fingerprint density at radius 2 is 2.08 bits per heavy atom. The fourth-order valence-corrected chi connectivity index (χ4v) is 3.30. The molecule has 1 aromatic carbocycles. The van der Waals surface area contributed by atoms with Crippen molar-refractivity contribution < 1.29 is 14.2 Å². The Kier molecular flexibility index (Phi) is 2.80. The van der Waals surface area contributed by atoms with E-state index in [1.54, 1.807) is 7.11 Å². The molecule has 0 spiro atoms. The number of ether oxygens (including phenoxy) is 3. The van der Waals surface area contributed by atoms with Gasteiger partial charge in [-0.15, -0.1) is 0 Å². The number of fused-ring (bicyclic) bond motifs is 2. The van der Waals surface area contributed by atoms with E-state index < -0.39 is 0 Å². The molecule has 1 fully saturated rings. The number of benzene rings is 1. The second-order valence-corrected chi connectivity index (χ2v) is 6.40. The highest BCUT2D eigenvalue weighted by Crippen LogP contribution is 2.43. The summed E-state index contributed by atoms with van der Waals surface area (Å²) in [6.07, 6.45) is 4.38. The van der Waals surface area contributed by atoms with Gasteiger partial charge in [-0.1, -0.05) is 0 Å². The number of aromatic nitrogens is 4. The summed E-state index contributed by atoms with van der Waals surface area (Å²) in [5.74, 6) is 3.56. The van der Waals surface area contributed by atoms with Crippen LogP contribution >= 0.6 is 0 Å². The predicted molar refractivity (Wildman–Crippen MR) is 87.4 cm³/mol. The van der Waals surface area contributed by atoms with Gasteiger partial charge in [0.2, 0.25) is 6.79 Å². The van der Waals surface area contributed by atoms with Crippen LogP contribution in [-0.2, 0) is 0 Å². The van der Waals surface area contributed by atoms with E-state index in [2.05, 4.69) is 17.0 Å². The quantitative estimate of drug-likeness (QED) is 0.797. The van der Waals surface area contributed by atoms with Gasteiger partial charge in [0.05, 0.1) is 24.9 Å². The van der Waals surface area contributed by atoms with E-state index >= 15 is 0 Å². The topological polar surface area (TPSA) is 74.2 Å². The fraction of sp³-hybridized carbons (Fsp3) is 0.412. The molecular formula is C17H18N4O3. The van der Waals surface area contributed by atoms with Gasteiger partial charge in [-0.2, -0.15) is 5.10 Å². The van der Waals surface area contributed by atoms with Crippen LogP contribution in [0, 0.1) is 5.92 Å². The summed E-state index contributed by atoms with van der Waals surface area (Å²) in [4.78, 5) is 8.12. The fourth-order valence-electron chi connectivity index (χ4n) is 3.30. The second-order valence-electron chi connectivity index (χ2n) is 6.40. The molecular weight excluding hydrogens is 308 g/mol. The van der Waals surface area contributed by atoms with Gasteiger partial charge >= 0.3 is 0 Å². The van der Waals surface area contributed by atoms with Crippen LogP contribution in [0.25, 0.3) is 22.6 Å². The third-order valence-electron chi connectivity index (χ3n) is 4.88. The molecule has 124 valence electrons. The van der Waals surface area contributed by atoms with Crippen molar-refractivity contribution in [1.29, 1.82) is 0 Å². The van der Waals surface area contributed by atoms with Gasteiger partial charge in [0.25, 0.3) is 0 Å². The summed E-state index contributed by atoms with van der Waals surface area (Å²) in [6.45, 7) is 2.44. The Morgan fingerprint density at radius 1 is 1.29 bits per heavy atom. The van der Waals surface area contributed by atoms with Gasteiger partial charge in [0, 0.05) is 6.07 Å². The first-order valence-electron chi connectivity index (χ1n) is 8.16. The average Bonchev–Trinajstić information content (AvgIpc) is 3.02. The number of hydrogen-bond acceptors (Lipinski definition) is 5. The molecule has 0 unspecified atom stereocenters. The number of H-pyrrole nitrogens is 1. The van der Waals surface area contributed by atoms with E-state index in [-0.39, 0.29) is 6.79 Å². The molecule has 0 amide bonds. The Hall–Kier alpha value is -2.70. The van der Waals surface area contributed by atoms with Gasteiger partial charge in [0.1, 0.15) is 17.1 Å². The van der Waals surface area contributed by atoms with Crippen molar-refractivity contribution in [3.63, 3.8) is 0 Å². The summed E-state index contributed by atoms with van der Waals surface area (Å²) in [5.41, 5.74) is 2.66.